The molecular weight excluding hydrogens is 267 g/mol. The van der Waals surface area contributed by atoms with Gasteiger partial charge in [0, 0.05) is 16.9 Å². The van der Waals surface area contributed by atoms with Crippen LogP contribution in [0.15, 0.2) is 24.3 Å². The number of aromatic amines is 1. The molecule has 1 aromatic heterocycles. The Morgan fingerprint density at radius 1 is 1.24 bits per heavy atom. The third-order valence-electron chi connectivity index (χ3n) is 3.62. The van der Waals surface area contributed by atoms with Crippen molar-refractivity contribution in [1.29, 1.82) is 0 Å². The zero-order valence-electron chi connectivity index (χ0n) is 12.9. The molecule has 1 amide bonds. The molecule has 1 atom stereocenters. The second-order valence-corrected chi connectivity index (χ2v) is 6.11. The fourth-order valence-electron chi connectivity index (χ4n) is 2.43. The molecule has 3 nitrogen and oxygen atoms in total. The zero-order valence-corrected chi connectivity index (χ0v) is 12.9. The maximum absolute atomic E-state index is 13.1. The lowest BCUT2D eigenvalue weighted by Crippen LogP contribution is -2.32. The Bertz CT molecular complexity index is 618. The second kappa shape index (κ2) is 6.74. The van der Waals surface area contributed by atoms with Gasteiger partial charge in [-0.05, 0) is 43.5 Å². The largest absolute Gasteiger partial charge is 0.351 e. The normalized spacial score (nSPS) is 12.8. The van der Waals surface area contributed by atoms with E-state index in [0.717, 1.165) is 18.4 Å². The van der Waals surface area contributed by atoms with E-state index in [-0.39, 0.29) is 17.8 Å². The van der Waals surface area contributed by atoms with Gasteiger partial charge in [0.25, 0.3) is 5.91 Å². The Labute approximate surface area is 124 Å². The molecule has 0 fully saturated rings. The minimum Gasteiger partial charge on any atom is -0.351 e. The highest BCUT2D eigenvalue weighted by molar-refractivity contribution is 5.98. The predicted molar refractivity (Wildman–Crippen MR) is 83.9 cm³/mol. The number of carbonyl (C=O) groups is 1. The van der Waals surface area contributed by atoms with Crippen molar-refractivity contribution in [1.82, 2.24) is 10.3 Å². The maximum atomic E-state index is 13.1. The van der Waals surface area contributed by atoms with E-state index in [0.29, 0.717) is 17.0 Å². The molecular formula is C17H23FN2O. The predicted octanol–water partition coefficient (Wildman–Crippen LogP) is 4.25. The van der Waals surface area contributed by atoms with Gasteiger partial charge in [-0.15, -0.1) is 0 Å². The van der Waals surface area contributed by atoms with E-state index in [1.165, 1.54) is 18.6 Å². The number of amides is 1. The van der Waals surface area contributed by atoms with Gasteiger partial charge >= 0.3 is 0 Å². The molecule has 1 unspecified atom stereocenters. The van der Waals surface area contributed by atoms with E-state index in [1.54, 1.807) is 12.1 Å². The maximum Gasteiger partial charge on any atom is 0.267 e. The minimum absolute atomic E-state index is 0.136. The molecule has 114 valence electrons. The number of benzene rings is 1. The number of rotatable bonds is 6. The highest BCUT2D eigenvalue weighted by Gasteiger charge is 2.12. The minimum atomic E-state index is -0.296. The van der Waals surface area contributed by atoms with Gasteiger partial charge < -0.3 is 10.3 Å². The monoisotopic (exact) mass is 290 g/mol. The Morgan fingerprint density at radius 3 is 2.71 bits per heavy atom. The van der Waals surface area contributed by atoms with Crippen LogP contribution in [0.3, 0.4) is 0 Å². The highest BCUT2D eigenvalue weighted by atomic mass is 19.1. The zero-order chi connectivity index (χ0) is 15.4. The van der Waals surface area contributed by atoms with Crippen molar-refractivity contribution in [3.63, 3.8) is 0 Å². The van der Waals surface area contributed by atoms with Crippen molar-refractivity contribution < 1.29 is 9.18 Å². The third kappa shape index (κ3) is 4.31. The average molecular weight is 290 g/mol. The summed E-state index contributed by atoms with van der Waals surface area (Å²) in [6, 6.07) is 6.28. The summed E-state index contributed by atoms with van der Waals surface area (Å²) in [4.78, 5) is 15.2. The van der Waals surface area contributed by atoms with Gasteiger partial charge in [-0.3, -0.25) is 4.79 Å². The number of hydrogen-bond acceptors (Lipinski definition) is 1. The Kier molecular flexibility index (Phi) is 4.99. The van der Waals surface area contributed by atoms with Gasteiger partial charge in [0.05, 0.1) is 0 Å². The Balaban J connectivity index is 1.95. The molecule has 0 saturated carbocycles. The van der Waals surface area contributed by atoms with E-state index in [2.05, 4.69) is 24.1 Å². The van der Waals surface area contributed by atoms with Crippen molar-refractivity contribution in [2.45, 2.75) is 46.1 Å². The van der Waals surface area contributed by atoms with E-state index in [9.17, 15) is 9.18 Å². The molecule has 1 aromatic carbocycles. The van der Waals surface area contributed by atoms with E-state index < -0.39 is 0 Å². The average Bonchev–Trinajstić information content (AvgIpc) is 2.81. The number of nitrogens with one attached hydrogen (secondary N) is 2. The van der Waals surface area contributed by atoms with Crippen molar-refractivity contribution in [2.24, 2.45) is 5.92 Å². The van der Waals surface area contributed by atoms with Crippen LogP contribution in [0.4, 0.5) is 4.39 Å². The third-order valence-corrected chi connectivity index (χ3v) is 3.62. The molecule has 21 heavy (non-hydrogen) atoms. The van der Waals surface area contributed by atoms with Crippen molar-refractivity contribution in [3.8, 4) is 0 Å². The summed E-state index contributed by atoms with van der Waals surface area (Å²) in [6.07, 6.45) is 3.25. The first kappa shape index (κ1) is 15.5. The van der Waals surface area contributed by atoms with Crippen LogP contribution in [0.2, 0.25) is 0 Å². The van der Waals surface area contributed by atoms with Gasteiger partial charge in [0.15, 0.2) is 0 Å². The Morgan fingerprint density at radius 2 is 2.00 bits per heavy atom. The van der Waals surface area contributed by atoms with E-state index in [4.69, 9.17) is 0 Å². The van der Waals surface area contributed by atoms with Crippen LogP contribution in [0.25, 0.3) is 10.9 Å². The quantitative estimate of drug-likeness (QED) is 0.820. The fourth-order valence-corrected chi connectivity index (χ4v) is 2.43. The van der Waals surface area contributed by atoms with Gasteiger partial charge in [-0.25, -0.2) is 4.39 Å². The van der Waals surface area contributed by atoms with Crippen LogP contribution in [-0.4, -0.2) is 16.9 Å². The SMILES string of the molecule is CC(C)CCCC(C)NC(=O)c1cc2cc(F)ccc2[nH]1. The van der Waals surface area contributed by atoms with E-state index >= 15 is 0 Å². The standard InChI is InChI=1S/C17H23FN2O/c1-11(2)5-4-6-12(3)19-17(21)16-10-13-9-14(18)7-8-15(13)20-16/h7-12,20H,4-6H2,1-3H3,(H,19,21). The smallest absolute Gasteiger partial charge is 0.267 e. The summed E-state index contributed by atoms with van der Waals surface area (Å²) in [5.41, 5.74) is 1.25. The second-order valence-electron chi connectivity index (χ2n) is 6.11. The number of hydrogen-bond donors (Lipinski definition) is 2. The lowest BCUT2D eigenvalue weighted by molar-refractivity contribution is 0.0933. The van der Waals surface area contributed by atoms with Crippen molar-refractivity contribution >= 4 is 16.8 Å². The molecule has 2 aromatic rings. The number of H-pyrrole nitrogens is 1. The van der Waals surface area contributed by atoms with Gasteiger partial charge in [-0.2, -0.15) is 0 Å². The summed E-state index contributed by atoms with van der Waals surface area (Å²) >= 11 is 0. The van der Waals surface area contributed by atoms with Crippen LogP contribution in [0, 0.1) is 11.7 Å². The molecule has 0 aliphatic carbocycles. The van der Waals surface area contributed by atoms with Crippen LogP contribution in [0.1, 0.15) is 50.5 Å². The molecule has 0 saturated heterocycles. The molecule has 0 spiro atoms. The van der Waals surface area contributed by atoms with Crippen molar-refractivity contribution in [2.75, 3.05) is 0 Å². The number of fused-ring (bicyclic) bond motifs is 1. The lowest BCUT2D eigenvalue weighted by atomic mass is 10.0. The summed E-state index contributed by atoms with van der Waals surface area (Å²) in [5, 5.41) is 3.70. The summed E-state index contributed by atoms with van der Waals surface area (Å²) < 4.78 is 13.1. The fraction of sp³-hybridized carbons (Fsp3) is 0.471. The van der Waals surface area contributed by atoms with Crippen molar-refractivity contribution in [3.05, 3.63) is 35.8 Å². The van der Waals surface area contributed by atoms with Crippen LogP contribution < -0.4 is 5.32 Å². The molecule has 0 radical (unpaired) electrons. The van der Waals surface area contributed by atoms with Crippen LogP contribution >= 0.6 is 0 Å². The summed E-state index contributed by atoms with van der Waals surface area (Å²) in [7, 11) is 0. The molecule has 2 rings (SSSR count). The lowest BCUT2D eigenvalue weighted by Gasteiger charge is -2.13. The Hall–Kier alpha value is -1.84. The summed E-state index contributed by atoms with van der Waals surface area (Å²) in [5.74, 6) is 0.260. The number of carbonyl (C=O) groups excluding carboxylic acids is 1. The topological polar surface area (TPSA) is 44.9 Å². The first-order chi connectivity index (χ1) is 9.95. The van der Waals surface area contributed by atoms with Crippen LogP contribution in [0.5, 0.6) is 0 Å². The number of aromatic nitrogens is 1. The summed E-state index contributed by atoms with van der Waals surface area (Å²) in [6.45, 7) is 6.42. The molecule has 0 bridgehead atoms. The number of halogens is 1. The molecule has 4 heteroatoms. The highest BCUT2D eigenvalue weighted by Crippen LogP contribution is 2.17. The molecule has 1 heterocycles. The van der Waals surface area contributed by atoms with Crippen LogP contribution in [-0.2, 0) is 0 Å². The van der Waals surface area contributed by atoms with Gasteiger partial charge in [0.2, 0.25) is 0 Å². The first-order valence-electron chi connectivity index (χ1n) is 7.55. The van der Waals surface area contributed by atoms with Gasteiger partial charge in [0.1, 0.15) is 11.5 Å². The molecule has 0 aliphatic heterocycles. The van der Waals surface area contributed by atoms with E-state index in [1.807, 2.05) is 6.92 Å². The molecule has 0 aliphatic rings. The molecule has 2 N–H and O–H groups in total. The first-order valence-corrected chi connectivity index (χ1v) is 7.55. The van der Waals surface area contributed by atoms with Gasteiger partial charge in [-0.1, -0.05) is 26.7 Å².